The van der Waals surface area contributed by atoms with Gasteiger partial charge in [-0.1, -0.05) is 0 Å². The Hall–Kier alpha value is -3.03. The highest BCUT2D eigenvalue weighted by Crippen LogP contribution is 2.29. The van der Waals surface area contributed by atoms with Crippen LogP contribution in [0.4, 0.5) is 0 Å². The van der Waals surface area contributed by atoms with Crippen molar-refractivity contribution < 1.29 is 14.3 Å². The summed E-state index contributed by atoms with van der Waals surface area (Å²) in [7, 11) is 3.17. The van der Waals surface area contributed by atoms with Crippen LogP contribution in [0.1, 0.15) is 10.5 Å². The lowest BCUT2D eigenvalue weighted by Gasteiger charge is -2.08. The van der Waals surface area contributed by atoms with Gasteiger partial charge < -0.3 is 19.8 Å². The predicted molar refractivity (Wildman–Crippen MR) is 82.4 cm³/mol. The fourth-order valence-electron chi connectivity index (χ4n) is 2.33. The number of aromatic nitrogens is 4. The Morgan fingerprint density at radius 3 is 2.83 bits per heavy atom. The van der Waals surface area contributed by atoms with E-state index in [-0.39, 0.29) is 5.69 Å². The van der Waals surface area contributed by atoms with E-state index in [9.17, 15) is 4.79 Å². The molecule has 3 heterocycles. The third kappa shape index (κ3) is 2.83. The zero-order chi connectivity index (χ0) is 16.4. The van der Waals surface area contributed by atoms with Crippen LogP contribution in [0.2, 0.25) is 0 Å². The van der Waals surface area contributed by atoms with Gasteiger partial charge in [-0.2, -0.15) is 10.1 Å². The maximum absolute atomic E-state index is 11.0. The second kappa shape index (κ2) is 5.99. The zero-order valence-corrected chi connectivity index (χ0v) is 12.8. The molecule has 0 aromatic carbocycles. The van der Waals surface area contributed by atoms with E-state index in [1.54, 1.807) is 31.2 Å². The van der Waals surface area contributed by atoms with E-state index < -0.39 is 5.91 Å². The second-order valence-corrected chi connectivity index (χ2v) is 4.86. The first-order valence-corrected chi connectivity index (χ1v) is 6.95. The predicted octanol–water partition coefficient (Wildman–Crippen LogP) is 0.849. The molecule has 0 atom stereocenters. The number of amides is 1. The molecule has 0 spiro atoms. The average molecular weight is 314 g/mol. The molecule has 0 aliphatic heterocycles. The Labute approximate surface area is 132 Å². The molecule has 119 valence electrons. The summed E-state index contributed by atoms with van der Waals surface area (Å²) >= 11 is 0. The maximum Gasteiger partial charge on any atom is 0.269 e. The quantitative estimate of drug-likeness (QED) is 0.727. The fraction of sp³-hybridized carbons (Fsp3) is 0.267. The molecule has 1 radical (unpaired) electrons. The molecule has 8 nitrogen and oxygen atoms in total. The minimum absolute atomic E-state index is 0.129. The van der Waals surface area contributed by atoms with Crippen molar-refractivity contribution in [2.24, 2.45) is 5.73 Å². The standard InChI is InChI=1S/C15H16N5O3/c1-22-12-9-13(23-2)17-15-10(12)3-5-19(15)7-8-20-6-4-11(18-20)14(16)21/h3,5-6,9H,7-8H2,1-2H3,(H2,16,21). The van der Waals surface area contributed by atoms with Crippen LogP contribution in [-0.4, -0.2) is 39.5 Å². The third-order valence-corrected chi connectivity index (χ3v) is 3.48. The van der Waals surface area contributed by atoms with E-state index in [0.29, 0.717) is 24.7 Å². The highest BCUT2D eigenvalue weighted by Gasteiger charge is 2.11. The van der Waals surface area contributed by atoms with Gasteiger partial charge in [0.15, 0.2) is 5.69 Å². The molecule has 2 N–H and O–H groups in total. The first kappa shape index (κ1) is 14.9. The van der Waals surface area contributed by atoms with Crippen molar-refractivity contribution in [3.05, 3.63) is 36.3 Å². The second-order valence-electron chi connectivity index (χ2n) is 4.86. The van der Waals surface area contributed by atoms with Gasteiger partial charge >= 0.3 is 0 Å². The molecule has 0 bridgehead atoms. The Morgan fingerprint density at radius 2 is 2.17 bits per heavy atom. The molecule has 0 unspecified atom stereocenters. The summed E-state index contributed by atoms with van der Waals surface area (Å²) in [5, 5.41) is 4.96. The van der Waals surface area contributed by atoms with Crippen molar-refractivity contribution in [1.29, 1.82) is 0 Å². The highest BCUT2D eigenvalue weighted by molar-refractivity contribution is 5.90. The largest absolute Gasteiger partial charge is 0.496 e. The van der Waals surface area contributed by atoms with Crippen LogP contribution >= 0.6 is 0 Å². The Balaban J connectivity index is 1.86. The lowest BCUT2D eigenvalue weighted by Crippen LogP contribution is -2.13. The smallest absolute Gasteiger partial charge is 0.269 e. The Bertz CT molecular complexity index is 852. The number of carbonyl (C=O) groups excluding carboxylic acids is 1. The van der Waals surface area contributed by atoms with Crippen molar-refractivity contribution in [1.82, 2.24) is 19.3 Å². The van der Waals surface area contributed by atoms with Gasteiger partial charge in [0.25, 0.3) is 5.91 Å². The van der Waals surface area contributed by atoms with Crippen LogP contribution in [0, 0.1) is 6.07 Å². The molecule has 23 heavy (non-hydrogen) atoms. The van der Waals surface area contributed by atoms with Gasteiger partial charge in [0.05, 0.1) is 26.2 Å². The number of primary amides is 1. The van der Waals surface area contributed by atoms with E-state index >= 15 is 0 Å². The molecule has 3 aromatic heterocycles. The number of methoxy groups -OCH3 is 2. The van der Waals surface area contributed by atoms with Crippen molar-refractivity contribution >= 4 is 16.9 Å². The number of aryl methyl sites for hydroxylation is 2. The lowest BCUT2D eigenvalue weighted by molar-refractivity contribution is 0.0994. The van der Waals surface area contributed by atoms with Crippen molar-refractivity contribution in [3.8, 4) is 11.6 Å². The van der Waals surface area contributed by atoms with Crippen molar-refractivity contribution in [2.45, 2.75) is 13.1 Å². The minimum atomic E-state index is -0.591. The number of fused-ring (bicyclic) bond motifs is 1. The molecule has 8 heteroatoms. The summed E-state index contributed by atoms with van der Waals surface area (Å²) < 4.78 is 14.2. The third-order valence-electron chi connectivity index (χ3n) is 3.48. The Kier molecular flexibility index (Phi) is 3.88. The summed E-state index contributed by atoms with van der Waals surface area (Å²) in [4.78, 5) is 15.5. The minimum Gasteiger partial charge on any atom is -0.496 e. The number of carbonyl (C=O) groups is 1. The number of pyridine rings is 1. The zero-order valence-electron chi connectivity index (χ0n) is 12.8. The number of hydrogen-bond donors (Lipinski definition) is 1. The van der Waals surface area contributed by atoms with Crippen LogP contribution in [0.3, 0.4) is 0 Å². The topological polar surface area (TPSA) is 97.2 Å². The van der Waals surface area contributed by atoms with Gasteiger partial charge in [-0.25, -0.2) is 0 Å². The summed E-state index contributed by atoms with van der Waals surface area (Å²) in [6, 6.07) is 6.40. The molecule has 0 aliphatic rings. The normalized spacial score (nSPS) is 10.9. The van der Waals surface area contributed by atoms with Gasteiger partial charge in [-0.15, -0.1) is 0 Å². The van der Waals surface area contributed by atoms with Gasteiger partial charge in [0, 0.05) is 31.1 Å². The van der Waals surface area contributed by atoms with Gasteiger partial charge in [0.1, 0.15) is 11.4 Å². The highest BCUT2D eigenvalue weighted by atomic mass is 16.5. The molecule has 0 fully saturated rings. The monoisotopic (exact) mass is 314 g/mol. The van der Waals surface area contributed by atoms with Crippen molar-refractivity contribution in [2.75, 3.05) is 14.2 Å². The van der Waals surface area contributed by atoms with Gasteiger partial charge in [0.2, 0.25) is 5.88 Å². The van der Waals surface area contributed by atoms with Crippen LogP contribution in [0.25, 0.3) is 11.0 Å². The summed E-state index contributed by atoms with van der Waals surface area (Å²) in [6.45, 7) is 1.16. The number of ether oxygens (including phenoxy) is 2. The SMILES string of the molecule is COc1cc(OC)c2ccn(CCn3c[c]c(C(N)=O)n3)c2n1. The van der Waals surface area contributed by atoms with Crippen LogP contribution in [0.5, 0.6) is 11.6 Å². The summed E-state index contributed by atoms with van der Waals surface area (Å²) in [6.07, 6.45) is 3.52. The molecular formula is C15H16N5O3. The average Bonchev–Trinajstić information content (AvgIpc) is 3.18. The fourth-order valence-corrected chi connectivity index (χ4v) is 2.33. The number of hydrogen-bond acceptors (Lipinski definition) is 5. The van der Waals surface area contributed by atoms with E-state index in [1.807, 2.05) is 16.8 Å². The van der Waals surface area contributed by atoms with Gasteiger partial charge in [-0.3, -0.25) is 9.48 Å². The Morgan fingerprint density at radius 1 is 1.35 bits per heavy atom. The number of rotatable bonds is 6. The lowest BCUT2D eigenvalue weighted by atomic mass is 10.3. The number of nitrogens with zero attached hydrogens (tertiary/aromatic N) is 4. The van der Waals surface area contributed by atoms with E-state index in [2.05, 4.69) is 16.1 Å². The molecular weight excluding hydrogens is 298 g/mol. The van der Waals surface area contributed by atoms with E-state index in [4.69, 9.17) is 15.2 Å². The van der Waals surface area contributed by atoms with E-state index in [1.165, 1.54) is 0 Å². The molecule has 3 rings (SSSR count). The van der Waals surface area contributed by atoms with Crippen LogP contribution in [-0.2, 0) is 13.1 Å². The molecule has 3 aromatic rings. The molecule has 1 amide bonds. The number of nitrogens with two attached hydrogens (primary N) is 1. The summed E-state index contributed by atoms with van der Waals surface area (Å²) in [5.41, 5.74) is 6.05. The van der Waals surface area contributed by atoms with Gasteiger partial charge in [-0.05, 0) is 6.07 Å². The molecule has 0 saturated heterocycles. The maximum atomic E-state index is 11.0. The van der Waals surface area contributed by atoms with E-state index in [0.717, 1.165) is 11.0 Å². The first-order valence-electron chi connectivity index (χ1n) is 6.95. The first-order chi connectivity index (χ1) is 11.1. The molecule has 0 aliphatic carbocycles. The molecule has 0 saturated carbocycles. The van der Waals surface area contributed by atoms with Crippen LogP contribution < -0.4 is 15.2 Å². The van der Waals surface area contributed by atoms with Crippen molar-refractivity contribution in [3.63, 3.8) is 0 Å². The van der Waals surface area contributed by atoms with Crippen LogP contribution in [0.15, 0.2) is 24.5 Å². The summed E-state index contributed by atoms with van der Waals surface area (Å²) in [5.74, 6) is 0.595.